The van der Waals surface area contributed by atoms with Crippen molar-refractivity contribution in [2.45, 2.75) is 32.0 Å². The summed E-state index contributed by atoms with van der Waals surface area (Å²) in [5, 5.41) is 0. The van der Waals surface area contributed by atoms with E-state index in [0.29, 0.717) is 12.8 Å². The molecule has 3 aliphatic rings. The predicted molar refractivity (Wildman–Crippen MR) is 121 cm³/mol. The summed E-state index contributed by atoms with van der Waals surface area (Å²) in [4.78, 5) is 0. The molecule has 2 atom stereocenters. The summed E-state index contributed by atoms with van der Waals surface area (Å²) in [5.74, 6) is 3.45. The fraction of sp³-hybridized carbons (Fsp3) is 0.333. The van der Waals surface area contributed by atoms with Crippen LogP contribution in [0.1, 0.15) is 33.9 Å². The monoisotopic (exact) mass is 430 g/mol. The molecule has 0 saturated carbocycles. The molecule has 0 radical (unpaired) electrons. The lowest BCUT2D eigenvalue weighted by Gasteiger charge is -2.51. The molecule has 3 aliphatic heterocycles. The largest absolute Gasteiger partial charge is 0.493 e. The van der Waals surface area contributed by atoms with E-state index < -0.39 is 0 Å². The van der Waals surface area contributed by atoms with Crippen LogP contribution in [0.2, 0.25) is 0 Å². The summed E-state index contributed by atoms with van der Waals surface area (Å²) in [6, 6.07) is 19.9. The maximum atomic E-state index is 5.87. The van der Waals surface area contributed by atoms with Crippen LogP contribution in [-0.2, 0) is 25.9 Å². The highest BCUT2D eigenvalue weighted by Gasteiger charge is 2.47. The molecule has 5 heteroatoms. The maximum absolute atomic E-state index is 5.87. The molecule has 0 aromatic heterocycles. The topological polar surface area (TPSA) is 36.9 Å². The zero-order chi connectivity index (χ0) is 21.7. The Morgan fingerprint density at radius 2 is 1.75 bits per heavy atom. The van der Waals surface area contributed by atoms with Gasteiger partial charge in [-0.05, 0) is 29.3 Å². The Morgan fingerprint density at radius 3 is 2.53 bits per heavy atom. The van der Waals surface area contributed by atoms with Gasteiger partial charge in [0, 0.05) is 24.0 Å². The summed E-state index contributed by atoms with van der Waals surface area (Å²) in [5.41, 5.74) is 6.79. The zero-order valence-corrected chi connectivity index (χ0v) is 18.6. The first-order valence-corrected chi connectivity index (χ1v) is 11.3. The SMILES string of the molecule is COc1ccc2c(c1OC)C[N@@+]1(Cc3ccccc3)CCc3cc4c(cc3[C@@H]1C2)OCO4. The minimum absolute atomic E-state index is 0.312. The third kappa shape index (κ3) is 2.95. The van der Waals surface area contributed by atoms with E-state index in [0.717, 1.165) is 60.0 Å². The normalized spacial score (nSPS) is 22.5. The Balaban J connectivity index is 1.51. The third-order valence-corrected chi connectivity index (χ3v) is 7.45. The fourth-order valence-corrected chi connectivity index (χ4v) is 5.92. The summed E-state index contributed by atoms with van der Waals surface area (Å²) >= 11 is 0. The molecule has 0 saturated heterocycles. The molecule has 0 spiro atoms. The average Bonchev–Trinajstić information content (AvgIpc) is 3.29. The van der Waals surface area contributed by atoms with Gasteiger partial charge in [-0.2, -0.15) is 0 Å². The Hall–Kier alpha value is -3.18. The van der Waals surface area contributed by atoms with Crippen molar-refractivity contribution in [3.05, 3.63) is 82.4 Å². The van der Waals surface area contributed by atoms with Crippen LogP contribution < -0.4 is 18.9 Å². The molecule has 3 heterocycles. The van der Waals surface area contributed by atoms with E-state index >= 15 is 0 Å². The molecule has 6 rings (SSSR count). The first-order chi connectivity index (χ1) is 15.7. The minimum Gasteiger partial charge on any atom is -0.493 e. The number of benzene rings is 3. The molecule has 0 fully saturated rings. The van der Waals surface area contributed by atoms with E-state index in [1.54, 1.807) is 14.2 Å². The van der Waals surface area contributed by atoms with Crippen molar-refractivity contribution >= 4 is 0 Å². The van der Waals surface area contributed by atoms with Crippen LogP contribution in [0, 0.1) is 0 Å². The van der Waals surface area contributed by atoms with Gasteiger partial charge >= 0.3 is 0 Å². The van der Waals surface area contributed by atoms with Gasteiger partial charge in [-0.25, -0.2) is 0 Å². The highest BCUT2D eigenvalue weighted by Crippen LogP contribution is 2.51. The van der Waals surface area contributed by atoms with Crippen molar-refractivity contribution in [1.82, 2.24) is 0 Å². The van der Waals surface area contributed by atoms with Crippen molar-refractivity contribution in [2.24, 2.45) is 0 Å². The standard InChI is InChI=1S/C27H28NO4/c1-29-24-9-8-19-12-23-21-14-26-25(31-17-32-26)13-20(21)10-11-28(23,16-22(19)27(24)30-2)15-18-6-4-3-5-7-18/h3-9,13-14,23H,10-12,15-17H2,1-2H3/q+1/t23-,28-/m0/s1. The number of rotatable bonds is 4. The van der Waals surface area contributed by atoms with Gasteiger partial charge in [-0.1, -0.05) is 36.4 Å². The van der Waals surface area contributed by atoms with Gasteiger partial charge in [-0.15, -0.1) is 0 Å². The van der Waals surface area contributed by atoms with Crippen LogP contribution in [-0.4, -0.2) is 32.0 Å². The molecular weight excluding hydrogens is 402 g/mol. The maximum Gasteiger partial charge on any atom is 0.231 e. The first kappa shape index (κ1) is 19.5. The van der Waals surface area contributed by atoms with Crippen molar-refractivity contribution in [2.75, 3.05) is 27.6 Å². The van der Waals surface area contributed by atoms with Gasteiger partial charge in [0.05, 0.1) is 26.3 Å². The Morgan fingerprint density at radius 1 is 0.938 bits per heavy atom. The molecule has 32 heavy (non-hydrogen) atoms. The van der Waals surface area contributed by atoms with E-state index in [4.69, 9.17) is 18.9 Å². The van der Waals surface area contributed by atoms with Gasteiger partial charge < -0.3 is 23.4 Å². The van der Waals surface area contributed by atoms with Gasteiger partial charge in [0.25, 0.3) is 0 Å². The van der Waals surface area contributed by atoms with Crippen LogP contribution in [0.15, 0.2) is 54.6 Å². The van der Waals surface area contributed by atoms with Crippen molar-refractivity contribution in [3.8, 4) is 23.0 Å². The Labute approximate surface area is 188 Å². The quantitative estimate of drug-likeness (QED) is 0.557. The molecule has 0 amide bonds. The minimum atomic E-state index is 0.312. The number of methoxy groups -OCH3 is 2. The summed E-state index contributed by atoms with van der Waals surface area (Å²) < 4.78 is 23.9. The van der Waals surface area contributed by atoms with Gasteiger partial charge in [0.2, 0.25) is 6.79 Å². The smallest absolute Gasteiger partial charge is 0.231 e. The van der Waals surface area contributed by atoms with Crippen molar-refractivity contribution in [3.63, 3.8) is 0 Å². The molecule has 0 N–H and O–H groups in total. The molecule has 3 aromatic rings. The summed E-state index contributed by atoms with van der Waals surface area (Å²) in [6.07, 6.45) is 1.99. The van der Waals surface area contributed by atoms with Gasteiger partial charge in [-0.3, -0.25) is 0 Å². The van der Waals surface area contributed by atoms with Gasteiger partial charge in [0.15, 0.2) is 23.0 Å². The van der Waals surface area contributed by atoms with E-state index in [1.807, 2.05) is 6.07 Å². The molecule has 164 valence electrons. The predicted octanol–water partition coefficient (Wildman–Crippen LogP) is 4.80. The van der Waals surface area contributed by atoms with Gasteiger partial charge in [0.1, 0.15) is 19.1 Å². The number of fused-ring (bicyclic) bond motifs is 5. The number of nitrogens with zero attached hydrogens (tertiary/aromatic N) is 1. The summed E-state index contributed by atoms with van der Waals surface area (Å²) in [7, 11) is 3.46. The number of quaternary nitrogens is 1. The molecule has 0 unspecified atom stereocenters. The Kier molecular flexibility index (Phi) is 4.54. The second kappa shape index (κ2) is 7.45. The summed E-state index contributed by atoms with van der Waals surface area (Å²) in [6.45, 7) is 3.29. The van der Waals surface area contributed by atoms with Crippen LogP contribution in [0.25, 0.3) is 0 Å². The van der Waals surface area contributed by atoms with Crippen LogP contribution in [0.5, 0.6) is 23.0 Å². The van der Waals surface area contributed by atoms with Crippen molar-refractivity contribution in [1.29, 1.82) is 0 Å². The molecule has 3 aromatic carbocycles. The van der Waals surface area contributed by atoms with E-state index in [1.165, 1.54) is 27.8 Å². The highest BCUT2D eigenvalue weighted by molar-refractivity contribution is 5.54. The first-order valence-electron chi connectivity index (χ1n) is 11.3. The number of ether oxygens (including phenoxy) is 4. The number of hydrogen-bond donors (Lipinski definition) is 0. The zero-order valence-electron chi connectivity index (χ0n) is 18.6. The van der Waals surface area contributed by atoms with Crippen LogP contribution in [0.4, 0.5) is 0 Å². The molecule has 0 aliphatic carbocycles. The van der Waals surface area contributed by atoms with Crippen LogP contribution >= 0.6 is 0 Å². The second-order valence-corrected chi connectivity index (χ2v) is 9.06. The van der Waals surface area contributed by atoms with E-state index in [-0.39, 0.29) is 0 Å². The fourth-order valence-electron chi connectivity index (χ4n) is 5.92. The third-order valence-electron chi connectivity index (χ3n) is 7.45. The Bertz CT molecular complexity index is 1180. The lowest BCUT2D eigenvalue weighted by molar-refractivity contribution is -0.985. The molecule has 0 bridgehead atoms. The lowest BCUT2D eigenvalue weighted by atomic mass is 9.80. The van der Waals surface area contributed by atoms with Crippen LogP contribution in [0.3, 0.4) is 0 Å². The van der Waals surface area contributed by atoms with Crippen molar-refractivity contribution < 1.29 is 23.4 Å². The molecule has 5 nitrogen and oxygen atoms in total. The number of hydrogen-bond acceptors (Lipinski definition) is 4. The lowest BCUT2D eigenvalue weighted by Crippen LogP contribution is -2.55. The highest BCUT2D eigenvalue weighted by atomic mass is 16.7. The molecular formula is C27H28NO4+. The van der Waals surface area contributed by atoms with E-state index in [2.05, 4.69) is 48.5 Å². The van der Waals surface area contributed by atoms with E-state index in [9.17, 15) is 0 Å². The average molecular weight is 431 g/mol. The second-order valence-electron chi connectivity index (χ2n) is 9.06.